The van der Waals surface area contributed by atoms with Gasteiger partial charge >= 0.3 is 0 Å². The van der Waals surface area contributed by atoms with Crippen LogP contribution in [0, 0.1) is 0 Å². The van der Waals surface area contributed by atoms with Crippen molar-refractivity contribution in [1.29, 1.82) is 0 Å². The van der Waals surface area contributed by atoms with Crippen LogP contribution in [0.3, 0.4) is 0 Å². The molecule has 114 valence electrons. The summed E-state index contributed by atoms with van der Waals surface area (Å²) in [6, 6.07) is 9.73. The predicted octanol–water partition coefficient (Wildman–Crippen LogP) is 4.67. The fourth-order valence-corrected chi connectivity index (χ4v) is 2.84. The van der Waals surface area contributed by atoms with Gasteiger partial charge in [-0.3, -0.25) is 0 Å². The van der Waals surface area contributed by atoms with Gasteiger partial charge < -0.3 is 8.94 Å². The number of nitrogens with zero attached hydrogens (tertiary/aromatic N) is 3. The van der Waals surface area contributed by atoms with Gasteiger partial charge in [-0.05, 0) is 35.7 Å². The predicted molar refractivity (Wildman–Crippen MR) is 89.9 cm³/mol. The lowest BCUT2D eigenvalue weighted by molar-refractivity contribution is 0.411. The molecule has 5 nitrogen and oxygen atoms in total. The minimum absolute atomic E-state index is 0.475. The summed E-state index contributed by atoms with van der Waals surface area (Å²) < 4.78 is 10.9. The van der Waals surface area contributed by atoms with E-state index < -0.39 is 0 Å². The summed E-state index contributed by atoms with van der Waals surface area (Å²) in [5.74, 6) is 1.74. The quantitative estimate of drug-likeness (QED) is 0.546. The Morgan fingerprint density at radius 3 is 2.96 bits per heavy atom. The molecule has 6 heteroatoms. The van der Waals surface area contributed by atoms with Crippen LogP contribution in [0.15, 0.2) is 44.7 Å². The van der Waals surface area contributed by atoms with Gasteiger partial charge in [-0.25, -0.2) is 4.98 Å². The Bertz CT molecular complexity index is 967. The average Bonchev–Trinajstić information content (AvgIpc) is 3.31. The first-order valence-electron chi connectivity index (χ1n) is 7.27. The van der Waals surface area contributed by atoms with Crippen LogP contribution >= 0.6 is 11.3 Å². The van der Waals surface area contributed by atoms with E-state index in [0.717, 1.165) is 33.9 Å². The van der Waals surface area contributed by atoms with E-state index in [1.54, 1.807) is 11.3 Å². The van der Waals surface area contributed by atoms with Gasteiger partial charge in [0.1, 0.15) is 5.52 Å². The first kappa shape index (κ1) is 13.9. The fraction of sp³-hybridized carbons (Fsp3) is 0.118. The average molecular weight is 323 g/mol. The Balaban J connectivity index is 1.63. The van der Waals surface area contributed by atoms with E-state index in [-0.39, 0.29) is 0 Å². The van der Waals surface area contributed by atoms with Gasteiger partial charge in [0, 0.05) is 22.9 Å². The minimum Gasteiger partial charge on any atom is -0.441 e. The molecule has 0 aliphatic heterocycles. The van der Waals surface area contributed by atoms with Gasteiger partial charge in [0.2, 0.25) is 5.82 Å². The molecule has 0 saturated heterocycles. The number of benzene rings is 1. The number of fused-ring (bicyclic) bond motifs is 1. The lowest BCUT2D eigenvalue weighted by atomic mass is 10.2. The molecular weight excluding hydrogens is 310 g/mol. The molecule has 3 heterocycles. The summed E-state index contributed by atoms with van der Waals surface area (Å²) in [6.07, 6.45) is 4.53. The highest BCUT2D eigenvalue weighted by Gasteiger charge is 2.10. The highest BCUT2D eigenvalue weighted by atomic mass is 32.1. The molecule has 0 unspecified atom stereocenters. The molecule has 0 saturated carbocycles. The third kappa shape index (κ3) is 2.80. The Hall–Kier alpha value is -2.73. The van der Waals surface area contributed by atoms with Gasteiger partial charge in [0.05, 0.1) is 0 Å². The van der Waals surface area contributed by atoms with Gasteiger partial charge in [-0.1, -0.05) is 18.1 Å². The molecular formula is C17H13N3O2S. The zero-order valence-electron chi connectivity index (χ0n) is 12.4. The number of hydrogen-bond donors (Lipinski definition) is 0. The maximum Gasteiger partial charge on any atom is 0.250 e. The molecule has 0 spiro atoms. The molecule has 0 bridgehead atoms. The van der Waals surface area contributed by atoms with E-state index in [0.29, 0.717) is 11.7 Å². The first-order chi connectivity index (χ1) is 11.3. The molecule has 1 aromatic carbocycles. The van der Waals surface area contributed by atoms with Crippen LogP contribution in [0.2, 0.25) is 0 Å². The topological polar surface area (TPSA) is 65.0 Å². The second kappa shape index (κ2) is 5.81. The summed E-state index contributed by atoms with van der Waals surface area (Å²) in [6.45, 7) is 2.01. The minimum atomic E-state index is 0.475. The molecule has 0 N–H and O–H groups in total. The van der Waals surface area contributed by atoms with E-state index in [9.17, 15) is 0 Å². The molecule has 0 atom stereocenters. The van der Waals surface area contributed by atoms with E-state index in [2.05, 4.69) is 15.1 Å². The third-order valence-electron chi connectivity index (χ3n) is 3.37. The Morgan fingerprint density at radius 2 is 2.13 bits per heavy atom. The monoisotopic (exact) mass is 323 g/mol. The van der Waals surface area contributed by atoms with Crippen LogP contribution in [0.25, 0.3) is 34.6 Å². The summed E-state index contributed by atoms with van der Waals surface area (Å²) >= 11 is 1.66. The van der Waals surface area contributed by atoms with Crippen molar-refractivity contribution in [2.45, 2.75) is 13.3 Å². The number of hydrogen-bond acceptors (Lipinski definition) is 6. The van der Waals surface area contributed by atoms with Crippen LogP contribution < -0.4 is 0 Å². The van der Waals surface area contributed by atoms with Crippen molar-refractivity contribution in [3.05, 3.63) is 52.4 Å². The zero-order valence-corrected chi connectivity index (χ0v) is 13.2. The van der Waals surface area contributed by atoms with E-state index >= 15 is 0 Å². The number of oxazole rings is 1. The molecule has 0 amide bonds. The first-order valence-corrected chi connectivity index (χ1v) is 8.15. The lowest BCUT2D eigenvalue weighted by Gasteiger charge is -1.92. The van der Waals surface area contributed by atoms with Crippen LogP contribution in [0.1, 0.15) is 23.6 Å². The maximum atomic E-state index is 5.61. The summed E-state index contributed by atoms with van der Waals surface area (Å²) in [7, 11) is 0. The Labute approximate surface area is 136 Å². The van der Waals surface area contributed by atoms with Crippen molar-refractivity contribution in [2.24, 2.45) is 0 Å². The highest BCUT2D eigenvalue weighted by molar-refractivity contribution is 7.10. The number of aromatic nitrogens is 3. The van der Waals surface area contributed by atoms with Gasteiger partial charge in [-0.15, -0.1) is 11.3 Å². The highest BCUT2D eigenvalue weighted by Crippen LogP contribution is 2.23. The standard InChI is InChI=1S/C17H13N3O2S/c1-2-15-18-13-10-11(5-7-14(13)21-15)17-19-16(22-20-17)8-6-12-4-3-9-23-12/h3-10H,2H2,1H3. The Kier molecular flexibility index (Phi) is 3.51. The molecule has 0 fully saturated rings. The Morgan fingerprint density at radius 1 is 1.17 bits per heavy atom. The van der Waals surface area contributed by atoms with Crippen LogP contribution in [0.5, 0.6) is 0 Å². The SMILES string of the molecule is CCc1nc2cc(-c3noc(C=Cc4cccs4)n3)ccc2o1. The molecule has 4 rings (SSSR count). The normalized spacial score (nSPS) is 11.7. The van der Waals surface area contributed by atoms with Crippen molar-refractivity contribution in [2.75, 3.05) is 0 Å². The smallest absolute Gasteiger partial charge is 0.250 e. The van der Waals surface area contributed by atoms with Crippen molar-refractivity contribution in [3.63, 3.8) is 0 Å². The molecule has 3 aromatic heterocycles. The van der Waals surface area contributed by atoms with E-state index in [1.807, 2.05) is 54.8 Å². The number of rotatable bonds is 4. The van der Waals surface area contributed by atoms with Crippen molar-refractivity contribution < 1.29 is 8.94 Å². The summed E-state index contributed by atoms with van der Waals surface area (Å²) in [4.78, 5) is 9.96. The fourth-order valence-electron chi connectivity index (χ4n) is 2.23. The maximum absolute atomic E-state index is 5.61. The molecule has 4 aromatic rings. The second-order valence-electron chi connectivity index (χ2n) is 4.95. The van der Waals surface area contributed by atoms with Crippen LogP contribution in [-0.4, -0.2) is 15.1 Å². The summed E-state index contributed by atoms with van der Waals surface area (Å²) in [5, 5.41) is 6.05. The van der Waals surface area contributed by atoms with Gasteiger partial charge in [0.15, 0.2) is 11.5 Å². The molecule has 0 radical (unpaired) electrons. The van der Waals surface area contributed by atoms with Crippen molar-refractivity contribution in [3.8, 4) is 11.4 Å². The molecule has 23 heavy (non-hydrogen) atoms. The summed E-state index contributed by atoms with van der Waals surface area (Å²) in [5.41, 5.74) is 2.43. The van der Waals surface area contributed by atoms with E-state index in [1.165, 1.54) is 0 Å². The largest absolute Gasteiger partial charge is 0.441 e. The zero-order chi connectivity index (χ0) is 15.6. The van der Waals surface area contributed by atoms with Gasteiger partial charge in [0.25, 0.3) is 5.89 Å². The van der Waals surface area contributed by atoms with E-state index in [4.69, 9.17) is 8.94 Å². The van der Waals surface area contributed by atoms with Crippen molar-refractivity contribution >= 4 is 34.6 Å². The molecule has 0 aliphatic carbocycles. The number of thiophene rings is 1. The van der Waals surface area contributed by atoms with Crippen LogP contribution in [0.4, 0.5) is 0 Å². The van der Waals surface area contributed by atoms with Crippen molar-refractivity contribution in [1.82, 2.24) is 15.1 Å². The van der Waals surface area contributed by atoms with Gasteiger partial charge in [-0.2, -0.15) is 4.98 Å². The molecule has 0 aliphatic rings. The lowest BCUT2D eigenvalue weighted by Crippen LogP contribution is -1.81. The van der Waals surface area contributed by atoms with Crippen LogP contribution in [-0.2, 0) is 6.42 Å². The second-order valence-corrected chi connectivity index (χ2v) is 5.93. The third-order valence-corrected chi connectivity index (χ3v) is 4.21. The number of aryl methyl sites for hydroxylation is 1.